The SMILES string of the molecule is COC(=O)c1cccc(NC2(c3nc(-c4ccncn4)n[nH]3)CCNCC2)c1. The van der Waals surface area contributed by atoms with Crippen LogP contribution in [0.15, 0.2) is 42.9 Å². The number of carbonyl (C=O) groups excluding carboxylic acids is 1. The number of esters is 1. The highest BCUT2D eigenvalue weighted by Gasteiger charge is 2.37. The van der Waals surface area contributed by atoms with Crippen molar-refractivity contribution in [3.63, 3.8) is 0 Å². The van der Waals surface area contributed by atoms with Gasteiger partial charge < -0.3 is 15.4 Å². The van der Waals surface area contributed by atoms with Crippen LogP contribution in [0.5, 0.6) is 0 Å². The van der Waals surface area contributed by atoms with E-state index >= 15 is 0 Å². The van der Waals surface area contributed by atoms with Gasteiger partial charge in [0.05, 0.1) is 18.2 Å². The molecule has 0 amide bonds. The Morgan fingerprint density at radius 1 is 1.25 bits per heavy atom. The van der Waals surface area contributed by atoms with E-state index in [9.17, 15) is 4.79 Å². The molecule has 0 spiro atoms. The standard InChI is InChI=1S/C19H21N7O2/c1-28-17(27)13-3-2-4-14(11-13)24-19(6-9-20-10-7-19)18-23-16(25-26-18)15-5-8-21-12-22-15/h2-5,8,11-12,20,24H,6-7,9-10H2,1H3,(H,23,25,26). The fourth-order valence-corrected chi connectivity index (χ4v) is 3.41. The number of methoxy groups -OCH3 is 1. The lowest BCUT2D eigenvalue weighted by Gasteiger charge is -2.37. The van der Waals surface area contributed by atoms with E-state index in [1.54, 1.807) is 24.4 Å². The summed E-state index contributed by atoms with van der Waals surface area (Å²) in [5.41, 5.74) is 1.55. The summed E-state index contributed by atoms with van der Waals surface area (Å²) in [5.74, 6) is 0.903. The number of carbonyl (C=O) groups is 1. The molecule has 2 aromatic heterocycles. The molecule has 0 aliphatic carbocycles. The first-order valence-corrected chi connectivity index (χ1v) is 9.07. The van der Waals surface area contributed by atoms with Gasteiger partial charge >= 0.3 is 5.97 Å². The molecule has 0 atom stereocenters. The Hall–Kier alpha value is -3.33. The number of hydrogen-bond donors (Lipinski definition) is 3. The molecule has 9 heteroatoms. The summed E-state index contributed by atoms with van der Waals surface area (Å²) in [6, 6.07) is 9.05. The van der Waals surface area contributed by atoms with E-state index in [1.165, 1.54) is 13.4 Å². The largest absolute Gasteiger partial charge is 0.465 e. The van der Waals surface area contributed by atoms with E-state index in [0.717, 1.165) is 37.4 Å². The molecule has 0 bridgehead atoms. The van der Waals surface area contributed by atoms with E-state index in [2.05, 4.69) is 30.8 Å². The first kappa shape index (κ1) is 18.1. The topological polar surface area (TPSA) is 118 Å². The third-order valence-electron chi connectivity index (χ3n) is 4.87. The molecule has 0 saturated carbocycles. The van der Waals surface area contributed by atoms with Crippen LogP contribution >= 0.6 is 0 Å². The van der Waals surface area contributed by atoms with E-state index in [0.29, 0.717) is 17.1 Å². The monoisotopic (exact) mass is 379 g/mol. The highest BCUT2D eigenvalue weighted by Crippen LogP contribution is 2.33. The van der Waals surface area contributed by atoms with Crippen molar-refractivity contribution < 1.29 is 9.53 Å². The van der Waals surface area contributed by atoms with Crippen molar-refractivity contribution >= 4 is 11.7 Å². The van der Waals surface area contributed by atoms with Crippen molar-refractivity contribution in [2.24, 2.45) is 0 Å². The normalized spacial score (nSPS) is 15.8. The number of hydrogen-bond acceptors (Lipinski definition) is 8. The van der Waals surface area contributed by atoms with Crippen LogP contribution in [-0.2, 0) is 10.3 Å². The van der Waals surface area contributed by atoms with Crippen molar-refractivity contribution in [3.8, 4) is 11.5 Å². The minimum atomic E-state index is -0.432. The van der Waals surface area contributed by atoms with Crippen LogP contribution in [0.4, 0.5) is 5.69 Å². The highest BCUT2D eigenvalue weighted by atomic mass is 16.5. The van der Waals surface area contributed by atoms with Gasteiger partial charge in [0.25, 0.3) is 0 Å². The summed E-state index contributed by atoms with van der Waals surface area (Å²) >= 11 is 0. The maximum Gasteiger partial charge on any atom is 0.337 e. The third-order valence-corrected chi connectivity index (χ3v) is 4.87. The molecule has 3 N–H and O–H groups in total. The van der Waals surface area contributed by atoms with Crippen LogP contribution in [0, 0.1) is 0 Å². The van der Waals surface area contributed by atoms with Crippen molar-refractivity contribution in [2.45, 2.75) is 18.4 Å². The van der Waals surface area contributed by atoms with E-state index < -0.39 is 5.54 Å². The lowest BCUT2D eigenvalue weighted by atomic mass is 9.87. The van der Waals surface area contributed by atoms with Gasteiger partial charge in [0.2, 0.25) is 0 Å². The van der Waals surface area contributed by atoms with Crippen LogP contribution < -0.4 is 10.6 Å². The molecule has 3 heterocycles. The molecule has 0 radical (unpaired) electrons. The van der Waals surface area contributed by atoms with Gasteiger partial charge in [0.15, 0.2) is 11.6 Å². The molecule has 3 aromatic rings. The number of nitrogens with one attached hydrogen (secondary N) is 3. The molecule has 1 aliphatic heterocycles. The quantitative estimate of drug-likeness (QED) is 0.574. The second kappa shape index (κ2) is 7.73. The number of nitrogens with zero attached hydrogens (tertiary/aromatic N) is 4. The van der Waals surface area contributed by atoms with Crippen molar-refractivity contribution in [3.05, 3.63) is 54.2 Å². The summed E-state index contributed by atoms with van der Waals surface area (Å²) < 4.78 is 4.83. The zero-order chi connectivity index (χ0) is 19.4. The first-order valence-electron chi connectivity index (χ1n) is 9.07. The Balaban J connectivity index is 1.66. The number of rotatable bonds is 5. The van der Waals surface area contributed by atoms with Crippen LogP contribution in [0.1, 0.15) is 29.0 Å². The van der Waals surface area contributed by atoms with Crippen molar-refractivity contribution in [1.82, 2.24) is 30.5 Å². The molecule has 1 aromatic carbocycles. The maximum atomic E-state index is 11.9. The van der Waals surface area contributed by atoms with Gasteiger partial charge in [-0.05, 0) is 50.2 Å². The summed E-state index contributed by atoms with van der Waals surface area (Å²) in [4.78, 5) is 24.7. The van der Waals surface area contributed by atoms with Crippen LogP contribution in [0.3, 0.4) is 0 Å². The number of aromatic nitrogens is 5. The van der Waals surface area contributed by atoms with Crippen LogP contribution in [-0.4, -0.2) is 51.3 Å². The lowest BCUT2D eigenvalue weighted by Crippen LogP contribution is -2.46. The molecular weight excluding hydrogens is 358 g/mol. The minimum absolute atomic E-state index is 0.367. The molecule has 1 saturated heterocycles. The Morgan fingerprint density at radius 3 is 2.86 bits per heavy atom. The number of H-pyrrole nitrogens is 1. The van der Waals surface area contributed by atoms with E-state index in [4.69, 9.17) is 9.72 Å². The van der Waals surface area contributed by atoms with E-state index in [1.807, 2.05) is 12.1 Å². The predicted molar refractivity (Wildman–Crippen MR) is 103 cm³/mol. The maximum absolute atomic E-state index is 11.9. The Labute approximate surface area is 162 Å². The number of aromatic amines is 1. The molecule has 9 nitrogen and oxygen atoms in total. The zero-order valence-corrected chi connectivity index (χ0v) is 15.5. The number of ether oxygens (including phenoxy) is 1. The van der Waals surface area contributed by atoms with Gasteiger partial charge in [-0.3, -0.25) is 5.10 Å². The summed E-state index contributed by atoms with van der Waals surface area (Å²) in [6.45, 7) is 1.68. The van der Waals surface area contributed by atoms with Crippen molar-refractivity contribution in [2.75, 3.05) is 25.5 Å². The van der Waals surface area contributed by atoms with Gasteiger partial charge in [0.1, 0.15) is 12.0 Å². The number of anilines is 1. The fourth-order valence-electron chi connectivity index (χ4n) is 3.41. The Bertz CT molecular complexity index is 952. The van der Waals surface area contributed by atoms with Gasteiger partial charge in [-0.25, -0.2) is 19.7 Å². The van der Waals surface area contributed by atoms with E-state index in [-0.39, 0.29) is 5.97 Å². The minimum Gasteiger partial charge on any atom is -0.465 e. The second-order valence-electron chi connectivity index (χ2n) is 6.63. The molecular formula is C19H21N7O2. The number of piperidine rings is 1. The Morgan fingerprint density at radius 2 is 2.11 bits per heavy atom. The molecule has 1 fully saturated rings. The molecule has 0 unspecified atom stereocenters. The van der Waals surface area contributed by atoms with Gasteiger partial charge in [-0.15, -0.1) is 0 Å². The van der Waals surface area contributed by atoms with Crippen LogP contribution in [0.2, 0.25) is 0 Å². The lowest BCUT2D eigenvalue weighted by molar-refractivity contribution is 0.0600. The Kier molecular flexibility index (Phi) is 4.98. The molecule has 1 aliphatic rings. The average molecular weight is 379 g/mol. The van der Waals surface area contributed by atoms with Gasteiger partial charge in [-0.1, -0.05) is 6.07 Å². The summed E-state index contributed by atoms with van der Waals surface area (Å²) in [6.07, 6.45) is 4.76. The van der Waals surface area contributed by atoms with Gasteiger partial charge in [0, 0.05) is 11.9 Å². The predicted octanol–water partition coefficient (Wildman–Crippen LogP) is 1.74. The smallest absolute Gasteiger partial charge is 0.337 e. The van der Waals surface area contributed by atoms with Crippen LogP contribution in [0.25, 0.3) is 11.5 Å². The third kappa shape index (κ3) is 3.56. The van der Waals surface area contributed by atoms with Crippen molar-refractivity contribution in [1.29, 1.82) is 0 Å². The second-order valence-corrected chi connectivity index (χ2v) is 6.63. The average Bonchev–Trinajstić information content (AvgIpc) is 3.26. The molecule has 28 heavy (non-hydrogen) atoms. The van der Waals surface area contributed by atoms with Gasteiger partial charge in [-0.2, -0.15) is 5.10 Å². The zero-order valence-electron chi connectivity index (χ0n) is 15.5. The first-order chi connectivity index (χ1) is 13.7. The molecule has 144 valence electrons. The number of benzene rings is 1. The summed E-state index contributed by atoms with van der Waals surface area (Å²) in [5, 5.41) is 14.4. The summed E-state index contributed by atoms with van der Waals surface area (Å²) in [7, 11) is 1.37. The molecule has 4 rings (SSSR count). The fraction of sp³-hybridized carbons (Fsp3) is 0.316. The highest BCUT2D eigenvalue weighted by molar-refractivity contribution is 5.90.